The van der Waals surface area contributed by atoms with Gasteiger partial charge in [-0.3, -0.25) is 4.79 Å². The van der Waals surface area contributed by atoms with E-state index in [1.807, 2.05) is 17.9 Å². The number of nitrogens with one attached hydrogen (secondary N) is 1. The molecule has 1 aromatic carbocycles. The maximum atomic E-state index is 13.2. The van der Waals surface area contributed by atoms with E-state index >= 15 is 0 Å². The van der Waals surface area contributed by atoms with E-state index in [-0.39, 0.29) is 24.1 Å². The molecule has 0 aliphatic carbocycles. The molecule has 0 unspecified atom stereocenters. The second-order valence-corrected chi connectivity index (χ2v) is 8.39. The Labute approximate surface area is 164 Å². The van der Waals surface area contributed by atoms with Crippen LogP contribution in [0.1, 0.15) is 27.4 Å². The average molecular weight is 395 g/mol. The molecule has 0 radical (unpaired) electrons. The summed E-state index contributed by atoms with van der Waals surface area (Å²) in [7, 11) is 0. The molecule has 140 valence electrons. The van der Waals surface area contributed by atoms with Crippen molar-refractivity contribution in [3.05, 3.63) is 45.9 Å². The Kier molecular flexibility index (Phi) is 6.00. The van der Waals surface area contributed by atoms with E-state index in [4.69, 9.17) is 0 Å². The Balaban J connectivity index is 0.00000196. The first-order chi connectivity index (χ1) is 12.1. The summed E-state index contributed by atoms with van der Waals surface area (Å²) in [5, 5.41) is 3.47. The summed E-state index contributed by atoms with van der Waals surface area (Å²) in [6.45, 7) is 5.92. The highest BCUT2D eigenvalue weighted by Gasteiger charge is 2.32. The predicted octanol–water partition coefficient (Wildman–Crippen LogP) is 4.36. The zero-order valence-corrected chi connectivity index (χ0v) is 16.5. The zero-order chi connectivity index (χ0) is 17.4. The Bertz CT molecular complexity index is 763. The number of hydrogen-bond donors (Lipinski definition) is 1. The van der Waals surface area contributed by atoms with Gasteiger partial charge in [0, 0.05) is 18.0 Å². The number of hydrogen-bond acceptors (Lipinski definition) is 3. The molecule has 2 saturated heterocycles. The smallest absolute Gasteiger partial charge is 0.263 e. The molecule has 2 atom stereocenters. The van der Waals surface area contributed by atoms with Crippen LogP contribution in [0.5, 0.6) is 0 Å². The van der Waals surface area contributed by atoms with Gasteiger partial charge in [0.1, 0.15) is 5.82 Å². The van der Waals surface area contributed by atoms with Crippen molar-refractivity contribution in [2.75, 3.05) is 26.2 Å². The summed E-state index contributed by atoms with van der Waals surface area (Å²) in [4.78, 5) is 16.9. The third kappa shape index (κ3) is 3.80. The first-order valence-corrected chi connectivity index (χ1v) is 9.80. The van der Waals surface area contributed by atoms with Crippen LogP contribution in [0.3, 0.4) is 0 Å². The lowest BCUT2D eigenvalue weighted by molar-refractivity contribution is 0.0763. The van der Waals surface area contributed by atoms with E-state index in [1.165, 1.54) is 12.1 Å². The van der Waals surface area contributed by atoms with Crippen LogP contribution in [-0.4, -0.2) is 37.0 Å². The molecule has 2 fully saturated rings. The standard InChI is InChI=1S/C20H23FN2OS.ClH/c1-13-18(14-2-4-17(21)5-3-14)10-19(25-13)20(24)23-8-6-15-11-22-12-16(15)7-9-23;/h2-5,10,15-16,22H,6-9,11-12H2,1H3;1H/t15-,16+;. The van der Waals surface area contributed by atoms with Crippen LogP contribution >= 0.6 is 23.7 Å². The van der Waals surface area contributed by atoms with Gasteiger partial charge in [0.05, 0.1) is 4.88 Å². The largest absolute Gasteiger partial charge is 0.338 e. The number of carbonyl (C=O) groups excluding carboxylic acids is 1. The molecule has 3 heterocycles. The molecular weight excluding hydrogens is 371 g/mol. The van der Waals surface area contributed by atoms with E-state index in [0.717, 1.165) is 71.7 Å². The van der Waals surface area contributed by atoms with Gasteiger partial charge in [0.25, 0.3) is 5.91 Å². The Hall–Kier alpha value is -1.43. The molecule has 1 aromatic heterocycles. The number of carbonyl (C=O) groups is 1. The van der Waals surface area contributed by atoms with Gasteiger partial charge in [0.2, 0.25) is 0 Å². The lowest BCUT2D eigenvalue weighted by atomic mass is 9.92. The van der Waals surface area contributed by atoms with Crippen LogP contribution in [0.4, 0.5) is 4.39 Å². The molecule has 26 heavy (non-hydrogen) atoms. The fraction of sp³-hybridized carbons (Fsp3) is 0.450. The number of likely N-dealkylation sites (tertiary alicyclic amines) is 1. The second kappa shape index (κ2) is 8.07. The number of halogens is 2. The number of rotatable bonds is 2. The summed E-state index contributed by atoms with van der Waals surface area (Å²) in [5.74, 6) is 1.35. The minimum atomic E-state index is -0.238. The van der Waals surface area contributed by atoms with Crippen molar-refractivity contribution in [3.63, 3.8) is 0 Å². The number of nitrogens with zero attached hydrogens (tertiary/aromatic N) is 1. The Morgan fingerprint density at radius 2 is 1.77 bits per heavy atom. The van der Waals surface area contributed by atoms with Crippen LogP contribution in [0.2, 0.25) is 0 Å². The molecule has 3 nitrogen and oxygen atoms in total. The SMILES string of the molecule is Cc1sc(C(=O)N2CC[C@@H]3CNC[C@@H]3CC2)cc1-c1ccc(F)cc1.Cl. The molecule has 0 saturated carbocycles. The lowest BCUT2D eigenvalue weighted by Crippen LogP contribution is -2.32. The summed E-state index contributed by atoms with van der Waals surface area (Å²) < 4.78 is 13.2. The van der Waals surface area contributed by atoms with Crippen molar-refractivity contribution in [3.8, 4) is 11.1 Å². The third-order valence-electron chi connectivity index (χ3n) is 5.59. The number of fused-ring (bicyclic) bond motifs is 1. The Morgan fingerprint density at radius 1 is 1.15 bits per heavy atom. The quantitative estimate of drug-likeness (QED) is 0.820. The molecule has 1 amide bonds. The van der Waals surface area contributed by atoms with E-state index in [1.54, 1.807) is 23.5 Å². The van der Waals surface area contributed by atoms with Crippen LogP contribution in [0, 0.1) is 24.6 Å². The van der Waals surface area contributed by atoms with Crippen molar-refractivity contribution in [1.82, 2.24) is 10.2 Å². The van der Waals surface area contributed by atoms with Gasteiger partial charge < -0.3 is 10.2 Å². The van der Waals surface area contributed by atoms with Gasteiger partial charge in [-0.2, -0.15) is 0 Å². The van der Waals surface area contributed by atoms with E-state index in [9.17, 15) is 9.18 Å². The molecule has 0 spiro atoms. The highest BCUT2D eigenvalue weighted by atomic mass is 35.5. The van der Waals surface area contributed by atoms with Crippen molar-refractivity contribution in [1.29, 1.82) is 0 Å². The fourth-order valence-corrected chi connectivity index (χ4v) is 5.09. The van der Waals surface area contributed by atoms with Crippen LogP contribution in [-0.2, 0) is 0 Å². The number of aryl methyl sites for hydroxylation is 1. The normalized spacial score (nSPS) is 22.5. The summed E-state index contributed by atoms with van der Waals surface area (Å²) in [5.41, 5.74) is 2.00. The molecule has 2 aromatic rings. The van der Waals surface area contributed by atoms with E-state index in [2.05, 4.69) is 5.32 Å². The molecule has 4 rings (SSSR count). The predicted molar refractivity (Wildman–Crippen MR) is 107 cm³/mol. The molecule has 2 aliphatic heterocycles. The number of benzene rings is 1. The van der Waals surface area contributed by atoms with Crippen molar-refractivity contribution >= 4 is 29.7 Å². The number of thiophene rings is 1. The summed E-state index contributed by atoms with van der Waals surface area (Å²) >= 11 is 1.55. The minimum Gasteiger partial charge on any atom is -0.338 e. The van der Waals surface area contributed by atoms with Gasteiger partial charge in [0.15, 0.2) is 0 Å². The van der Waals surface area contributed by atoms with E-state index in [0.29, 0.717) is 0 Å². The van der Waals surface area contributed by atoms with Gasteiger partial charge in [-0.1, -0.05) is 12.1 Å². The molecule has 0 bridgehead atoms. The highest BCUT2D eigenvalue weighted by molar-refractivity contribution is 7.14. The van der Waals surface area contributed by atoms with E-state index < -0.39 is 0 Å². The molecule has 6 heteroatoms. The van der Waals surface area contributed by atoms with Gasteiger partial charge in [-0.25, -0.2) is 4.39 Å². The average Bonchev–Trinajstić information content (AvgIpc) is 3.17. The first kappa shape index (κ1) is 19.3. The minimum absolute atomic E-state index is 0. The Morgan fingerprint density at radius 3 is 2.38 bits per heavy atom. The molecular formula is C20H24ClFN2OS. The van der Waals surface area contributed by atoms with Crippen molar-refractivity contribution in [2.45, 2.75) is 19.8 Å². The van der Waals surface area contributed by atoms with Crippen LogP contribution in [0.25, 0.3) is 11.1 Å². The highest BCUT2D eigenvalue weighted by Crippen LogP contribution is 2.33. The van der Waals surface area contributed by atoms with Crippen LogP contribution in [0.15, 0.2) is 30.3 Å². The zero-order valence-electron chi connectivity index (χ0n) is 14.8. The monoisotopic (exact) mass is 394 g/mol. The number of amides is 1. The topological polar surface area (TPSA) is 32.3 Å². The maximum absolute atomic E-state index is 13.2. The summed E-state index contributed by atoms with van der Waals surface area (Å²) in [6, 6.07) is 8.46. The van der Waals surface area contributed by atoms with Gasteiger partial charge in [-0.05, 0) is 74.0 Å². The maximum Gasteiger partial charge on any atom is 0.263 e. The lowest BCUT2D eigenvalue weighted by Gasteiger charge is -2.20. The first-order valence-electron chi connectivity index (χ1n) is 8.98. The fourth-order valence-electron chi connectivity index (χ4n) is 4.08. The van der Waals surface area contributed by atoms with Gasteiger partial charge >= 0.3 is 0 Å². The van der Waals surface area contributed by atoms with Gasteiger partial charge in [-0.15, -0.1) is 23.7 Å². The van der Waals surface area contributed by atoms with Crippen LogP contribution < -0.4 is 5.32 Å². The third-order valence-corrected chi connectivity index (χ3v) is 6.63. The second-order valence-electron chi connectivity index (χ2n) is 7.14. The molecule has 2 aliphatic rings. The van der Waals surface area contributed by atoms with Crippen molar-refractivity contribution < 1.29 is 9.18 Å². The molecule has 1 N–H and O–H groups in total. The summed E-state index contributed by atoms with van der Waals surface area (Å²) in [6.07, 6.45) is 2.19. The van der Waals surface area contributed by atoms with Crippen molar-refractivity contribution in [2.24, 2.45) is 11.8 Å².